The van der Waals surface area contributed by atoms with E-state index < -0.39 is 0 Å². The van der Waals surface area contributed by atoms with E-state index in [1.54, 1.807) is 0 Å². The molecule has 1 heterocycles. The molecule has 15 heavy (non-hydrogen) atoms. The molecule has 0 spiro atoms. The molecule has 2 nitrogen and oxygen atoms in total. The first-order chi connectivity index (χ1) is 7.29. The number of unbranched alkanes of at least 4 members (excludes halogenated alkanes) is 2. The lowest BCUT2D eigenvalue weighted by molar-refractivity contribution is -0.135. The first-order valence-electron chi connectivity index (χ1n) is 6.59. The van der Waals surface area contributed by atoms with Crippen LogP contribution in [0.1, 0.15) is 65.2 Å². The van der Waals surface area contributed by atoms with Crippen LogP contribution >= 0.6 is 0 Å². The van der Waals surface area contributed by atoms with Crippen molar-refractivity contribution in [2.45, 2.75) is 71.3 Å². The summed E-state index contributed by atoms with van der Waals surface area (Å²) < 4.78 is 0. The smallest absolute Gasteiger partial charge is 0.222 e. The van der Waals surface area contributed by atoms with Crippen molar-refractivity contribution in [3.63, 3.8) is 0 Å². The van der Waals surface area contributed by atoms with Gasteiger partial charge in [-0.3, -0.25) is 4.79 Å². The maximum Gasteiger partial charge on any atom is 0.222 e. The molecule has 1 saturated heterocycles. The minimum absolute atomic E-state index is 0.398. The molecular formula is C13H25NO. The van der Waals surface area contributed by atoms with Crippen molar-refractivity contribution in [2.75, 3.05) is 6.54 Å². The van der Waals surface area contributed by atoms with Crippen LogP contribution in [0.25, 0.3) is 0 Å². The Hall–Kier alpha value is -0.530. The summed E-state index contributed by atoms with van der Waals surface area (Å²) in [4.78, 5) is 14.1. The molecule has 0 aromatic carbocycles. The summed E-state index contributed by atoms with van der Waals surface area (Å²) in [5, 5.41) is 0. The van der Waals surface area contributed by atoms with Crippen molar-refractivity contribution in [3.8, 4) is 0 Å². The van der Waals surface area contributed by atoms with Gasteiger partial charge >= 0.3 is 0 Å². The number of nitrogens with zero attached hydrogens (tertiary/aromatic N) is 1. The predicted molar refractivity (Wildman–Crippen MR) is 63.8 cm³/mol. The standard InChI is InChI=1S/C13H25NO/c1-3-5-6-10-13(15)14-11-8-7-9-12(14)4-2/h12H,3-11H2,1-2H3/t12-/m1/s1. The van der Waals surface area contributed by atoms with E-state index in [0.717, 1.165) is 25.8 Å². The first-order valence-corrected chi connectivity index (χ1v) is 6.59. The fraction of sp³-hybridized carbons (Fsp3) is 0.923. The Morgan fingerprint density at radius 2 is 2.07 bits per heavy atom. The van der Waals surface area contributed by atoms with E-state index in [9.17, 15) is 4.79 Å². The Morgan fingerprint density at radius 3 is 2.73 bits per heavy atom. The Kier molecular flexibility index (Phi) is 5.74. The fourth-order valence-corrected chi connectivity index (χ4v) is 2.42. The number of likely N-dealkylation sites (tertiary alicyclic amines) is 1. The van der Waals surface area contributed by atoms with Crippen LogP contribution in [-0.4, -0.2) is 23.4 Å². The molecule has 1 atom stereocenters. The van der Waals surface area contributed by atoms with Gasteiger partial charge in [0.25, 0.3) is 0 Å². The van der Waals surface area contributed by atoms with Gasteiger partial charge in [-0.2, -0.15) is 0 Å². The van der Waals surface area contributed by atoms with E-state index in [2.05, 4.69) is 18.7 Å². The molecule has 1 amide bonds. The van der Waals surface area contributed by atoms with Crippen molar-refractivity contribution in [3.05, 3.63) is 0 Å². The minimum atomic E-state index is 0.398. The number of carbonyl (C=O) groups excluding carboxylic acids is 1. The molecular weight excluding hydrogens is 186 g/mol. The molecule has 1 aliphatic heterocycles. The molecule has 88 valence electrons. The van der Waals surface area contributed by atoms with Crippen molar-refractivity contribution in [2.24, 2.45) is 0 Å². The molecule has 0 radical (unpaired) electrons. The van der Waals surface area contributed by atoms with Gasteiger partial charge in [0.05, 0.1) is 0 Å². The summed E-state index contributed by atoms with van der Waals surface area (Å²) in [5.41, 5.74) is 0. The van der Waals surface area contributed by atoms with E-state index >= 15 is 0 Å². The van der Waals surface area contributed by atoms with Gasteiger partial charge in [-0.25, -0.2) is 0 Å². The normalized spacial score (nSPS) is 21.7. The third-order valence-corrected chi connectivity index (χ3v) is 3.41. The average molecular weight is 211 g/mol. The second-order valence-electron chi connectivity index (χ2n) is 4.60. The van der Waals surface area contributed by atoms with E-state index in [0.29, 0.717) is 11.9 Å². The third-order valence-electron chi connectivity index (χ3n) is 3.41. The topological polar surface area (TPSA) is 20.3 Å². The highest BCUT2D eigenvalue weighted by molar-refractivity contribution is 5.76. The van der Waals surface area contributed by atoms with Crippen LogP contribution < -0.4 is 0 Å². The summed E-state index contributed by atoms with van der Waals surface area (Å²) in [6.45, 7) is 5.38. The summed E-state index contributed by atoms with van der Waals surface area (Å²) in [5.74, 6) is 0.398. The van der Waals surface area contributed by atoms with Gasteiger partial charge in [0.2, 0.25) is 5.91 Å². The van der Waals surface area contributed by atoms with Crippen LogP contribution in [0.5, 0.6) is 0 Å². The number of amides is 1. The van der Waals surface area contributed by atoms with Gasteiger partial charge in [0, 0.05) is 19.0 Å². The minimum Gasteiger partial charge on any atom is -0.340 e. The fourth-order valence-electron chi connectivity index (χ4n) is 2.42. The van der Waals surface area contributed by atoms with Gasteiger partial charge in [0.15, 0.2) is 0 Å². The maximum absolute atomic E-state index is 12.0. The summed E-state index contributed by atoms with van der Waals surface area (Å²) in [7, 11) is 0. The van der Waals surface area contributed by atoms with Crippen LogP contribution in [0.3, 0.4) is 0 Å². The molecule has 0 N–H and O–H groups in total. The largest absolute Gasteiger partial charge is 0.340 e. The van der Waals surface area contributed by atoms with E-state index in [4.69, 9.17) is 0 Å². The van der Waals surface area contributed by atoms with Gasteiger partial charge < -0.3 is 4.90 Å². The van der Waals surface area contributed by atoms with Gasteiger partial charge in [-0.05, 0) is 32.1 Å². The van der Waals surface area contributed by atoms with Gasteiger partial charge in [0.1, 0.15) is 0 Å². The number of piperidine rings is 1. The van der Waals surface area contributed by atoms with Crippen molar-refractivity contribution in [1.82, 2.24) is 4.90 Å². The van der Waals surface area contributed by atoms with Crippen molar-refractivity contribution < 1.29 is 4.79 Å². The molecule has 2 heteroatoms. The molecule has 1 fully saturated rings. The SMILES string of the molecule is CCCCCC(=O)N1CCCC[C@H]1CC. The second-order valence-corrected chi connectivity index (χ2v) is 4.60. The molecule has 1 aliphatic rings. The highest BCUT2D eigenvalue weighted by Gasteiger charge is 2.24. The van der Waals surface area contributed by atoms with Crippen LogP contribution in [0.15, 0.2) is 0 Å². The Bertz CT molecular complexity index is 191. The summed E-state index contributed by atoms with van der Waals surface area (Å²) in [6.07, 6.45) is 9.08. The molecule has 0 aromatic rings. The zero-order valence-corrected chi connectivity index (χ0v) is 10.3. The number of rotatable bonds is 5. The van der Waals surface area contributed by atoms with E-state index in [-0.39, 0.29) is 0 Å². The Labute approximate surface area is 94.0 Å². The Morgan fingerprint density at radius 1 is 1.27 bits per heavy atom. The van der Waals surface area contributed by atoms with E-state index in [1.165, 1.54) is 32.1 Å². The lowest BCUT2D eigenvalue weighted by Crippen LogP contribution is -2.43. The Balaban J connectivity index is 2.34. The number of carbonyl (C=O) groups is 1. The highest BCUT2D eigenvalue weighted by Crippen LogP contribution is 2.20. The van der Waals surface area contributed by atoms with Crippen LogP contribution in [0.2, 0.25) is 0 Å². The number of hydrogen-bond acceptors (Lipinski definition) is 1. The molecule has 1 rings (SSSR count). The van der Waals surface area contributed by atoms with Crippen molar-refractivity contribution in [1.29, 1.82) is 0 Å². The van der Waals surface area contributed by atoms with Crippen LogP contribution in [0.4, 0.5) is 0 Å². The van der Waals surface area contributed by atoms with Crippen molar-refractivity contribution >= 4 is 5.91 Å². The first kappa shape index (κ1) is 12.5. The van der Waals surface area contributed by atoms with Crippen LogP contribution in [0, 0.1) is 0 Å². The van der Waals surface area contributed by atoms with Crippen LogP contribution in [-0.2, 0) is 4.79 Å². The molecule has 0 unspecified atom stereocenters. The number of hydrogen-bond donors (Lipinski definition) is 0. The zero-order chi connectivity index (χ0) is 11.1. The van der Waals surface area contributed by atoms with Gasteiger partial charge in [-0.15, -0.1) is 0 Å². The molecule has 0 bridgehead atoms. The van der Waals surface area contributed by atoms with E-state index in [1.807, 2.05) is 0 Å². The molecule has 0 aromatic heterocycles. The third kappa shape index (κ3) is 3.84. The molecule has 0 aliphatic carbocycles. The summed E-state index contributed by atoms with van der Waals surface area (Å²) >= 11 is 0. The lowest BCUT2D eigenvalue weighted by atomic mass is 9.99. The average Bonchev–Trinajstić information content (AvgIpc) is 2.29. The monoisotopic (exact) mass is 211 g/mol. The maximum atomic E-state index is 12.0. The quantitative estimate of drug-likeness (QED) is 0.639. The second kappa shape index (κ2) is 6.86. The lowest BCUT2D eigenvalue weighted by Gasteiger charge is -2.35. The summed E-state index contributed by atoms with van der Waals surface area (Å²) in [6, 6.07) is 0.535. The van der Waals surface area contributed by atoms with Gasteiger partial charge in [-0.1, -0.05) is 26.7 Å². The highest BCUT2D eigenvalue weighted by atomic mass is 16.2. The predicted octanol–water partition coefficient (Wildman–Crippen LogP) is 3.36. The molecule has 0 saturated carbocycles. The zero-order valence-electron chi connectivity index (χ0n) is 10.3.